The number of aromatic nitrogens is 2. The van der Waals surface area contributed by atoms with Gasteiger partial charge in [0.1, 0.15) is 5.65 Å². The number of pyridine rings is 1. The van der Waals surface area contributed by atoms with Crippen LogP contribution in [0.1, 0.15) is 55.5 Å². The van der Waals surface area contributed by atoms with E-state index in [1.54, 1.807) is 12.3 Å². The lowest BCUT2D eigenvalue weighted by atomic mass is 10.0. The molecule has 1 aliphatic rings. The van der Waals surface area contributed by atoms with Crippen molar-refractivity contribution >= 4 is 22.9 Å². The number of nitrogens with zero attached hydrogens (tertiary/aromatic N) is 1. The summed E-state index contributed by atoms with van der Waals surface area (Å²) < 4.78 is 0. The lowest BCUT2D eigenvalue weighted by molar-refractivity contribution is -0.124. The number of amides is 1. The Balaban J connectivity index is 1.75. The highest BCUT2D eigenvalue weighted by Gasteiger charge is 2.26. The number of carboxylic acid groups (broad SMARTS) is 1. The molecule has 2 aromatic rings. The quantitative estimate of drug-likeness (QED) is 0.608. The van der Waals surface area contributed by atoms with Gasteiger partial charge in [-0.1, -0.05) is 26.7 Å². The Labute approximate surface area is 152 Å². The van der Waals surface area contributed by atoms with Crippen LogP contribution in [-0.2, 0) is 11.3 Å². The van der Waals surface area contributed by atoms with Crippen molar-refractivity contribution in [2.24, 2.45) is 5.92 Å². The highest BCUT2D eigenvalue weighted by molar-refractivity contribution is 6.03. The Morgan fingerprint density at radius 2 is 2.08 bits per heavy atom. The maximum atomic E-state index is 12.7. The second-order valence-corrected chi connectivity index (χ2v) is 7.29. The fourth-order valence-corrected chi connectivity index (χ4v) is 3.65. The first-order chi connectivity index (χ1) is 12.5. The lowest BCUT2D eigenvalue weighted by Crippen LogP contribution is -2.49. The van der Waals surface area contributed by atoms with Crippen LogP contribution >= 0.6 is 0 Å². The van der Waals surface area contributed by atoms with Crippen molar-refractivity contribution in [3.63, 3.8) is 0 Å². The van der Waals surface area contributed by atoms with Gasteiger partial charge in [-0.05, 0) is 30.4 Å². The van der Waals surface area contributed by atoms with Gasteiger partial charge in [0, 0.05) is 30.4 Å². The first-order valence-electron chi connectivity index (χ1n) is 9.19. The Morgan fingerprint density at radius 1 is 1.35 bits per heavy atom. The van der Waals surface area contributed by atoms with E-state index in [1.807, 2.05) is 13.8 Å². The van der Waals surface area contributed by atoms with Crippen molar-refractivity contribution in [1.29, 1.82) is 0 Å². The van der Waals surface area contributed by atoms with Gasteiger partial charge < -0.3 is 20.7 Å². The first kappa shape index (κ1) is 18.4. The average Bonchev–Trinajstić information content (AvgIpc) is 3.24. The van der Waals surface area contributed by atoms with Crippen molar-refractivity contribution in [2.75, 3.05) is 0 Å². The molecule has 1 saturated carbocycles. The number of carbonyl (C=O) groups is 2. The maximum absolute atomic E-state index is 12.7. The second-order valence-electron chi connectivity index (χ2n) is 7.29. The van der Waals surface area contributed by atoms with Gasteiger partial charge in [-0.25, -0.2) is 9.78 Å². The molecule has 7 nitrogen and oxygen atoms in total. The van der Waals surface area contributed by atoms with Gasteiger partial charge in [-0.15, -0.1) is 0 Å². The number of nitrogens with one attached hydrogen (secondary N) is 3. The number of H-pyrrole nitrogens is 1. The van der Waals surface area contributed by atoms with Crippen LogP contribution < -0.4 is 10.6 Å². The van der Waals surface area contributed by atoms with Crippen LogP contribution in [-0.4, -0.2) is 39.0 Å². The van der Waals surface area contributed by atoms with Gasteiger partial charge in [-0.2, -0.15) is 0 Å². The van der Waals surface area contributed by atoms with Crippen molar-refractivity contribution in [3.05, 3.63) is 29.6 Å². The summed E-state index contributed by atoms with van der Waals surface area (Å²) in [4.78, 5) is 31.2. The molecule has 7 heteroatoms. The third kappa shape index (κ3) is 3.88. The molecule has 4 N–H and O–H groups in total. The van der Waals surface area contributed by atoms with Crippen LogP contribution in [0.3, 0.4) is 0 Å². The molecule has 2 heterocycles. The van der Waals surface area contributed by atoms with E-state index in [4.69, 9.17) is 0 Å². The second kappa shape index (κ2) is 7.86. The van der Waals surface area contributed by atoms with Crippen molar-refractivity contribution in [2.45, 2.75) is 58.2 Å². The van der Waals surface area contributed by atoms with Crippen LogP contribution in [0.2, 0.25) is 0 Å². The summed E-state index contributed by atoms with van der Waals surface area (Å²) in [7, 11) is 0. The minimum absolute atomic E-state index is 0.0183. The van der Waals surface area contributed by atoms with Crippen LogP contribution in [0.15, 0.2) is 18.5 Å². The van der Waals surface area contributed by atoms with Gasteiger partial charge in [0.05, 0.1) is 11.6 Å². The number of aromatic carboxylic acids is 1. The minimum Gasteiger partial charge on any atom is -0.478 e. The summed E-state index contributed by atoms with van der Waals surface area (Å²) >= 11 is 0. The van der Waals surface area contributed by atoms with Crippen molar-refractivity contribution in [1.82, 2.24) is 20.6 Å². The van der Waals surface area contributed by atoms with E-state index in [9.17, 15) is 14.7 Å². The minimum atomic E-state index is -0.995. The normalized spacial score (nSPS) is 16.3. The molecular weight excluding hydrogens is 332 g/mol. The predicted molar refractivity (Wildman–Crippen MR) is 98.9 cm³/mol. The predicted octanol–water partition coefficient (Wildman–Crippen LogP) is 2.43. The molecule has 0 saturated heterocycles. The SMILES string of the molecule is CC(C)C(NCc1ccnc2[nH]cc(C(=O)O)c12)C(=O)NC1CCCC1. The number of hydrogen-bond donors (Lipinski definition) is 4. The van der Waals surface area contributed by atoms with Crippen LogP contribution in [0.4, 0.5) is 0 Å². The molecule has 0 bridgehead atoms. The zero-order valence-electron chi connectivity index (χ0n) is 15.2. The molecule has 0 aliphatic heterocycles. The third-order valence-corrected chi connectivity index (χ3v) is 5.05. The summed E-state index contributed by atoms with van der Waals surface area (Å²) in [5.41, 5.74) is 1.55. The summed E-state index contributed by atoms with van der Waals surface area (Å²) in [5, 5.41) is 16.4. The Morgan fingerprint density at radius 3 is 2.73 bits per heavy atom. The zero-order valence-corrected chi connectivity index (χ0v) is 15.2. The number of rotatable bonds is 7. The maximum Gasteiger partial charge on any atom is 0.337 e. The number of fused-ring (bicyclic) bond motifs is 1. The highest BCUT2D eigenvalue weighted by atomic mass is 16.4. The van der Waals surface area contributed by atoms with Crippen LogP contribution in [0, 0.1) is 5.92 Å². The smallest absolute Gasteiger partial charge is 0.337 e. The molecule has 1 fully saturated rings. The standard InChI is InChI=1S/C19H26N4O3/c1-11(2)16(18(24)23-13-5-3-4-6-13)21-9-12-7-8-20-17-15(12)14(10-22-17)19(25)26/h7-8,10-11,13,16,21H,3-6,9H2,1-2H3,(H,20,22)(H,23,24)(H,25,26). The molecule has 0 radical (unpaired) electrons. The summed E-state index contributed by atoms with van der Waals surface area (Å²) in [6, 6.07) is 1.74. The molecule has 1 aliphatic carbocycles. The van der Waals surface area contributed by atoms with E-state index < -0.39 is 5.97 Å². The largest absolute Gasteiger partial charge is 0.478 e. The number of carbonyl (C=O) groups excluding carboxylic acids is 1. The van der Waals surface area contributed by atoms with Crippen LogP contribution in [0.25, 0.3) is 11.0 Å². The number of carboxylic acids is 1. The highest BCUT2D eigenvalue weighted by Crippen LogP contribution is 2.22. The van der Waals surface area contributed by atoms with E-state index in [-0.39, 0.29) is 29.5 Å². The Bertz CT molecular complexity index is 793. The van der Waals surface area contributed by atoms with E-state index in [0.29, 0.717) is 17.6 Å². The Hall–Kier alpha value is -2.41. The van der Waals surface area contributed by atoms with E-state index in [0.717, 1.165) is 18.4 Å². The number of aromatic amines is 1. The van der Waals surface area contributed by atoms with E-state index in [1.165, 1.54) is 19.0 Å². The van der Waals surface area contributed by atoms with E-state index >= 15 is 0 Å². The van der Waals surface area contributed by atoms with E-state index in [2.05, 4.69) is 20.6 Å². The topological polar surface area (TPSA) is 107 Å². The molecule has 1 amide bonds. The van der Waals surface area contributed by atoms with Crippen molar-refractivity contribution in [3.8, 4) is 0 Å². The molecule has 3 rings (SSSR count). The summed E-state index contributed by atoms with van der Waals surface area (Å²) in [5.74, 6) is -0.853. The van der Waals surface area contributed by atoms with Gasteiger partial charge in [0.2, 0.25) is 5.91 Å². The fraction of sp³-hybridized carbons (Fsp3) is 0.526. The van der Waals surface area contributed by atoms with Crippen molar-refractivity contribution < 1.29 is 14.7 Å². The summed E-state index contributed by atoms with van der Waals surface area (Å²) in [6.07, 6.45) is 7.54. The molecule has 140 valence electrons. The van der Waals surface area contributed by atoms with Gasteiger partial charge >= 0.3 is 5.97 Å². The molecule has 2 aromatic heterocycles. The molecular formula is C19H26N4O3. The molecule has 1 unspecified atom stereocenters. The lowest BCUT2D eigenvalue weighted by Gasteiger charge is -2.24. The number of hydrogen-bond acceptors (Lipinski definition) is 4. The monoisotopic (exact) mass is 358 g/mol. The third-order valence-electron chi connectivity index (χ3n) is 5.05. The van der Waals surface area contributed by atoms with Crippen LogP contribution in [0.5, 0.6) is 0 Å². The molecule has 1 atom stereocenters. The zero-order chi connectivity index (χ0) is 18.7. The molecule has 26 heavy (non-hydrogen) atoms. The van der Waals surface area contributed by atoms with Gasteiger partial charge in [0.25, 0.3) is 0 Å². The fourth-order valence-electron chi connectivity index (χ4n) is 3.65. The first-order valence-corrected chi connectivity index (χ1v) is 9.19. The molecule has 0 aromatic carbocycles. The Kier molecular flexibility index (Phi) is 5.56. The van der Waals surface area contributed by atoms with Gasteiger partial charge in [0.15, 0.2) is 0 Å². The molecule has 0 spiro atoms. The van der Waals surface area contributed by atoms with Gasteiger partial charge in [-0.3, -0.25) is 4.79 Å². The average molecular weight is 358 g/mol. The summed E-state index contributed by atoms with van der Waals surface area (Å²) in [6.45, 7) is 4.41.